The van der Waals surface area contributed by atoms with E-state index in [4.69, 9.17) is 14.0 Å². The summed E-state index contributed by atoms with van der Waals surface area (Å²) in [6, 6.07) is 17.0. The van der Waals surface area contributed by atoms with E-state index in [2.05, 4.69) is 10.1 Å². The van der Waals surface area contributed by atoms with Crippen molar-refractivity contribution in [3.05, 3.63) is 71.9 Å². The molecule has 1 unspecified atom stereocenters. The van der Waals surface area contributed by atoms with Crippen LogP contribution in [-0.4, -0.2) is 40.7 Å². The van der Waals surface area contributed by atoms with E-state index in [0.717, 1.165) is 24.2 Å². The number of amides is 1. The molecular weight excluding hydrogens is 382 g/mol. The molecule has 1 aliphatic rings. The van der Waals surface area contributed by atoms with Crippen molar-refractivity contribution in [2.45, 2.75) is 32.2 Å². The van der Waals surface area contributed by atoms with Crippen LogP contribution in [-0.2, 0) is 11.2 Å². The van der Waals surface area contributed by atoms with Gasteiger partial charge in [0.1, 0.15) is 17.5 Å². The second-order valence-corrected chi connectivity index (χ2v) is 7.31. The van der Waals surface area contributed by atoms with Crippen LogP contribution in [0.2, 0.25) is 0 Å². The fourth-order valence-corrected chi connectivity index (χ4v) is 3.54. The summed E-state index contributed by atoms with van der Waals surface area (Å²) in [5.41, 5.74) is 1.15. The number of hydrogen-bond donors (Lipinski definition) is 0. The highest BCUT2D eigenvalue weighted by atomic mass is 16.5. The van der Waals surface area contributed by atoms with Crippen molar-refractivity contribution in [1.82, 2.24) is 15.0 Å². The van der Waals surface area contributed by atoms with Crippen LogP contribution >= 0.6 is 0 Å². The van der Waals surface area contributed by atoms with E-state index < -0.39 is 0 Å². The molecular formula is C23H25N3O4. The van der Waals surface area contributed by atoms with Gasteiger partial charge in [0.15, 0.2) is 12.4 Å². The van der Waals surface area contributed by atoms with Crippen molar-refractivity contribution in [2.75, 3.05) is 19.8 Å². The Balaban J connectivity index is 1.30. The van der Waals surface area contributed by atoms with Gasteiger partial charge in [-0.3, -0.25) is 4.79 Å². The molecule has 0 spiro atoms. The zero-order valence-electron chi connectivity index (χ0n) is 17.0. The van der Waals surface area contributed by atoms with Crippen LogP contribution in [0.4, 0.5) is 0 Å². The molecule has 156 valence electrons. The quantitative estimate of drug-likeness (QED) is 0.566. The van der Waals surface area contributed by atoms with E-state index in [1.807, 2.05) is 61.5 Å². The van der Waals surface area contributed by atoms with Crippen LogP contribution in [0.3, 0.4) is 0 Å². The third-order valence-electron chi connectivity index (χ3n) is 5.03. The highest BCUT2D eigenvalue weighted by Crippen LogP contribution is 2.31. The zero-order valence-corrected chi connectivity index (χ0v) is 17.0. The van der Waals surface area contributed by atoms with Crippen LogP contribution in [0.1, 0.15) is 36.2 Å². The number of nitrogens with zero attached hydrogens (tertiary/aromatic N) is 3. The fraction of sp³-hybridized carbons (Fsp3) is 0.348. The molecule has 0 bridgehead atoms. The lowest BCUT2D eigenvalue weighted by Gasteiger charge is -2.21. The van der Waals surface area contributed by atoms with E-state index >= 15 is 0 Å². The highest BCUT2D eigenvalue weighted by molar-refractivity contribution is 5.78. The third-order valence-corrected chi connectivity index (χ3v) is 5.03. The molecule has 0 N–H and O–H groups in total. The van der Waals surface area contributed by atoms with Crippen molar-refractivity contribution < 1.29 is 18.8 Å². The molecule has 0 radical (unpaired) electrons. The Hall–Kier alpha value is -3.35. The van der Waals surface area contributed by atoms with Gasteiger partial charge in [0, 0.05) is 13.0 Å². The molecule has 3 aromatic rings. The number of hydrogen-bond acceptors (Lipinski definition) is 6. The Morgan fingerprint density at radius 2 is 1.97 bits per heavy atom. The van der Waals surface area contributed by atoms with Crippen LogP contribution < -0.4 is 9.47 Å². The summed E-state index contributed by atoms with van der Waals surface area (Å²) in [5.74, 6) is 2.48. The van der Waals surface area contributed by atoms with Crippen molar-refractivity contribution >= 4 is 5.91 Å². The number of likely N-dealkylation sites (tertiary alicyclic amines) is 1. The summed E-state index contributed by atoms with van der Waals surface area (Å²) in [6.45, 7) is 3.14. The van der Waals surface area contributed by atoms with Crippen molar-refractivity contribution in [3.63, 3.8) is 0 Å². The van der Waals surface area contributed by atoms with E-state index in [9.17, 15) is 4.79 Å². The topological polar surface area (TPSA) is 77.7 Å². The average Bonchev–Trinajstić information content (AvgIpc) is 3.42. The number of benzene rings is 2. The molecule has 1 fully saturated rings. The number of carbonyl (C=O) groups excluding carboxylic acids is 1. The Kier molecular flexibility index (Phi) is 6.27. The van der Waals surface area contributed by atoms with Crippen LogP contribution in [0.15, 0.2) is 59.1 Å². The Bertz CT molecular complexity index is 973. The normalized spacial score (nSPS) is 15.9. The first-order valence-electron chi connectivity index (χ1n) is 10.2. The smallest absolute Gasteiger partial charge is 0.261 e. The predicted molar refractivity (Wildman–Crippen MR) is 110 cm³/mol. The maximum Gasteiger partial charge on any atom is 0.261 e. The first-order valence-corrected chi connectivity index (χ1v) is 10.2. The lowest BCUT2D eigenvalue weighted by Crippen LogP contribution is -2.34. The zero-order chi connectivity index (χ0) is 20.8. The summed E-state index contributed by atoms with van der Waals surface area (Å²) >= 11 is 0. The fourth-order valence-electron chi connectivity index (χ4n) is 3.54. The van der Waals surface area contributed by atoms with Gasteiger partial charge in [0.25, 0.3) is 5.91 Å². The molecule has 7 heteroatoms. The van der Waals surface area contributed by atoms with Gasteiger partial charge in [-0.2, -0.15) is 4.98 Å². The number of rotatable bonds is 8. The number of aromatic nitrogens is 2. The standard InChI is InChI=1S/C23H25N3O4/c1-17-7-5-10-19(15-17)28-14-12-21-24-23(30-25-21)20-11-6-13-26(20)22(27)16-29-18-8-3-2-4-9-18/h2-5,7-10,15,20H,6,11-14,16H2,1H3. The van der Waals surface area contributed by atoms with Gasteiger partial charge in [-0.1, -0.05) is 35.5 Å². The average molecular weight is 407 g/mol. The maximum absolute atomic E-state index is 12.7. The molecule has 2 heterocycles. The third kappa shape index (κ3) is 4.97. The second-order valence-electron chi connectivity index (χ2n) is 7.31. The van der Waals surface area contributed by atoms with Gasteiger partial charge in [-0.25, -0.2) is 0 Å². The van der Waals surface area contributed by atoms with Gasteiger partial charge >= 0.3 is 0 Å². The first-order chi connectivity index (χ1) is 14.7. The Morgan fingerprint density at radius 3 is 2.80 bits per heavy atom. The Morgan fingerprint density at radius 1 is 1.13 bits per heavy atom. The Labute approximate surface area is 175 Å². The minimum atomic E-state index is -0.198. The summed E-state index contributed by atoms with van der Waals surface area (Å²) in [4.78, 5) is 18.9. The molecule has 1 saturated heterocycles. The molecule has 1 amide bonds. The van der Waals surface area contributed by atoms with Crippen molar-refractivity contribution in [2.24, 2.45) is 0 Å². The number of ether oxygens (including phenoxy) is 2. The highest BCUT2D eigenvalue weighted by Gasteiger charge is 2.34. The lowest BCUT2D eigenvalue weighted by molar-refractivity contribution is -0.134. The summed E-state index contributed by atoms with van der Waals surface area (Å²) in [7, 11) is 0. The molecule has 4 rings (SSSR count). The summed E-state index contributed by atoms with van der Waals surface area (Å²) in [6.07, 6.45) is 2.24. The van der Waals surface area contributed by atoms with Gasteiger partial charge in [0.2, 0.25) is 5.89 Å². The number of aryl methyl sites for hydroxylation is 1. The molecule has 0 saturated carbocycles. The summed E-state index contributed by atoms with van der Waals surface area (Å²) < 4.78 is 16.8. The van der Waals surface area contributed by atoms with Crippen molar-refractivity contribution in [3.8, 4) is 11.5 Å². The van der Waals surface area contributed by atoms with Crippen LogP contribution in [0.25, 0.3) is 0 Å². The first kappa shape index (κ1) is 19.9. The van der Waals surface area contributed by atoms with Gasteiger partial charge < -0.3 is 18.9 Å². The van der Waals surface area contributed by atoms with E-state index in [1.165, 1.54) is 0 Å². The molecule has 1 aliphatic heterocycles. The molecule has 30 heavy (non-hydrogen) atoms. The molecule has 1 aromatic heterocycles. The molecule has 1 atom stereocenters. The summed E-state index contributed by atoms with van der Waals surface area (Å²) in [5, 5.41) is 4.06. The van der Waals surface area contributed by atoms with Crippen LogP contribution in [0.5, 0.6) is 11.5 Å². The number of carbonyl (C=O) groups is 1. The largest absolute Gasteiger partial charge is 0.493 e. The van der Waals surface area contributed by atoms with Crippen LogP contribution in [0, 0.1) is 6.92 Å². The minimum absolute atomic E-state index is 0.00810. The van der Waals surface area contributed by atoms with Crippen molar-refractivity contribution in [1.29, 1.82) is 0 Å². The maximum atomic E-state index is 12.7. The number of para-hydroxylation sites is 1. The lowest BCUT2D eigenvalue weighted by atomic mass is 10.2. The van der Waals surface area contributed by atoms with Gasteiger partial charge in [-0.15, -0.1) is 0 Å². The van der Waals surface area contributed by atoms with E-state index in [-0.39, 0.29) is 18.6 Å². The monoisotopic (exact) mass is 407 g/mol. The predicted octanol–water partition coefficient (Wildman–Crippen LogP) is 3.74. The minimum Gasteiger partial charge on any atom is -0.493 e. The van der Waals surface area contributed by atoms with E-state index in [0.29, 0.717) is 37.0 Å². The second kappa shape index (κ2) is 9.43. The molecule has 7 nitrogen and oxygen atoms in total. The molecule has 2 aromatic carbocycles. The SMILES string of the molecule is Cc1cccc(OCCc2noc(C3CCCN3C(=O)COc3ccccc3)n2)c1. The molecule has 0 aliphatic carbocycles. The van der Waals surface area contributed by atoms with E-state index in [1.54, 1.807) is 4.90 Å². The van der Waals surface area contributed by atoms with Gasteiger partial charge in [-0.05, 0) is 49.6 Å². The van der Waals surface area contributed by atoms with Gasteiger partial charge in [0.05, 0.1) is 6.61 Å².